The molecule has 0 spiro atoms. The summed E-state index contributed by atoms with van der Waals surface area (Å²) in [7, 11) is 0. The molecule has 1 aromatic rings. The van der Waals surface area contributed by atoms with Crippen LogP contribution in [0.4, 0.5) is 0 Å². The zero-order chi connectivity index (χ0) is 11.4. The zero-order valence-corrected chi connectivity index (χ0v) is 12.0. The number of halogens is 2. The van der Waals surface area contributed by atoms with Gasteiger partial charge in [0.05, 0.1) is 12.4 Å². The smallest absolute Gasteiger partial charge is 0.237 e. The van der Waals surface area contributed by atoms with Crippen molar-refractivity contribution in [2.75, 3.05) is 6.54 Å². The van der Waals surface area contributed by atoms with Crippen molar-refractivity contribution in [3.05, 3.63) is 18.7 Å². The monoisotopic (exact) mass is 294 g/mol. The lowest BCUT2D eigenvalue weighted by molar-refractivity contribution is -0.123. The van der Waals surface area contributed by atoms with Crippen LogP contribution < -0.4 is 10.6 Å². The first kappa shape index (κ1) is 17.2. The molecule has 5 nitrogen and oxygen atoms in total. The van der Waals surface area contributed by atoms with Gasteiger partial charge in [0.25, 0.3) is 0 Å². The first-order valence-corrected chi connectivity index (χ1v) is 5.75. The van der Waals surface area contributed by atoms with Crippen LogP contribution in [0.15, 0.2) is 18.7 Å². The first-order chi connectivity index (χ1) is 7.75. The molecule has 1 saturated heterocycles. The molecule has 1 amide bonds. The summed E-state index contributed by atoms with van der Waals surface area (Å²) in [4.78, 5) is 15.8. The number of imidazole rings is 1. The van der Waals surface area contributed by atoms with Gasteiger partial charge in [-0.2, -0.15) is 0 Å². The maximum atomic E-state index is 11.8. The Hall–Kier alpha value is -0.780. The van der Waals surface area contributed by atoms with Crippen molar-refractivity contribution in [1.29, 1.82) is 0 Å². The third-order valence-corrected chi connectivity index (χ3v) is 2.81. The van der Waals surface area contributed by atoms with Gasteiger partial charge in [0.15, 0.2) is 0 Å². The summed E-state index contributed by atoms with van der Waals surface area (Å²) in [5.41, 5.74) is 0. The zero-order valence-electron chi connectivity index (χ0n) is 10.3. The Bertz CT molecular complexity index is 339. The van der Waals surface area contributed by atoms with Crippen molar-refractivity contribution in [2.24, 2.45) is 0 Å². The van der Waals surface area contributed by atoms with Gasteiger partial charge in [0.2, 0.25) is 5.91 Å². The van der Waals surface area contributed by atoms with Gasteiger partial charge in [-0.3, -0.25) is 4.79 Å². The second-order valence-electron chi connectivity index (χ2n) is 4.32. The highest BCUT2D eigenvalue weighted by Gasteiger charge is 2.22. The molecule has 2 N–H and O–H groups in total. The van der Waals surface area contributed by atoms with Crippen LogP contribution >= 0.6 is 24.8 Å². The van der Waals surface area contributed by atoms with Crippen LogP contribution in [0, 0.1) is 0 Å². The van der Waals surface area contributed by atoms with Crippen LogP contribution in [-0.2, 0) is 11.3 Å². The molecule has 1 aromatic heterocycles. The average molecular weight is 295 g/mol. The quantitative estimate of drug-likeness (QED) is 0.870. The van der Waals surface area contributed by atoms with E-state index in [1.807, 2.05) is 17.7 Å². The third-order valence-electron chi connectivity index (χ3n) is 2.81. The van der Waals surface area contributed by atoms with E-state index in [0.29, 0.717) is 0 Å². The summed E-state index contributed by atoms with van der Waals surface area (Å²) in [6.45, 7) is 3.72. The van der Waals surface area contributed by atoms with E-state index in [1.54, 1.807) is 12.5 Å². The van der Waals surface area contributed by atoms with Gasteiger partial charge in [-0.25, -0.2) is 4.98 Å². The second kappa shape index (κ2) is 8.34. The van der Waals surface area contributed by atoms with Crippen LogP contribution in [0.3, 0.4) is 0 Å². The van der Waals surface area contributed by atoms with Gasteiger partial charge < -0.3 is 15.2 Å². The van der Waals surface area contributed by atoms with Crippen molar-refractivity contribution in [3.63, 3.8) is 0 Å². The minimum absolute atomic E-state index is 0. The highest BCUT2D eigenvalue weighted by Crippen LogP contribution is 2.05. The first-order valence-electron chi connectivity index (χ1n) is 5.75. The summed E-state index contributed by atoms with van der Waals surface area (Å²) in [6, 6.07) is 0.134. The number of amides is 1. The minimum atomic E-state index is 0. The van der Waals surface area contributed by atoms with Crippen LogP contribution in [0.2, 0.25) is 0 Å². The minimum Gasteiger partial charge on any atom is -0.350 e. The molecule has 7 heteroatoms. The lowest BCUT2D eigenvalue weighted by Crippen LogP contribution is -2.45. The maximum Gasteiger partial charge on any atom is 0.237 e. The van der Waals surface area contributed by atoms with E-state index in [1.165, 1.54) is 0 Å². The molecule has 104 valence electrons. The predicted octanol–water partition coefficient (Wildman–Crippen LogP) is 0.983. The molecule has 0 aliphatic carbocycles. The fourth-order valence-corrected chi connectivity index (χ4v) is 2.01. The van der Waals surface area contributed by atoms with Crippen molar-refractivity contribution >= 4 is 30.7 Å². The number of aromatic nitrogens is 2. The lowest BCUT2D eigenvalue weighted by atomic mass is 10.2. The Labute approximate surface area is 120 Å². The predicted molar refractivity (Wildman–Crippen MR) is 75.4 cm³/mol. The molecule has 0 aromatic carbocycles. The van der Waals surface area contributed by atoms with Gasteiger partial charge in [0.1, 0.15) is 0 Å². The SMILES string of the molecule is CC(Cn1ccnc1)NC(=O)[C@@H]1CCCN1.Cl.Cl. The topological polar surface area (TPSA) is 59.0 Å². The molecule has 0 saturated carbocycles. The van der Waals surface area contributed by atoms with Crippen molar-refractivity contribution in [1.82, 2.24) is 20.2 Å². The third kappa shape index (κ3) is 4.84. The largest absolute Gasteiger partial charge is 0.350 e. The van der Waals surface area contributed by atoms with Crippen molar-refractivity contribution in [2.45, 2.75) is 38.4 Å². The standard InChI is InChI=1S/C11H18N4O.2ClH/c1-9(7-15-6-5-12-8-15)14-11(16)10-3-2-4-13-10;;/h5-6,8-10,13H,2-4,7H2,1H3,(H,14,16);2*1H/t9?,10-;;/m0../s1. The van der Waals surface area contributed by atoms with E-state index < -0.39 is 0 Å². The Morgan fingerprint density at radius 2 is 2.39 bits per heavy atom. The van der Waals surface area contributed by atoms with E-state index in [0.717, 1.165) is 25.9 Å². The van der Waals surface area contributed by atoms with Crippen LogP contribution in [0.1, 0.15) is 19.8 Å². The van der Waals surface area contributed by atoms with Gasteiger partial charge in [-0.15, -0.1) is 24.8 Å². The summed E-state index contributed by atoms with van der Waals surface area (Å²) in [5.74, 6) is 0.116. The Kier molecular flexibility index (Phi) is 7.98. The van der Waals surface area contributed by atoms with E-state index in [-0.39, 0.29) is 42.8 Å². The Balaban J connectivity index is 0.00000144. The number of carbonyl (C=O) groups is 1. The van der Waals surface area contributed by atoms with Crippen molar-refractivity contribution in [3.8, 4) is 0 Å². The van der Waals surface area contributed by atoms with Gasteiger partial charge in [-0.1, -0.05) is 0 Å². The number of hydrogen-bond donors (Lipinski definition) is 2. The number of rotatable bonds is 4. The van der Waals surface area contributed by atoms with Crippen molar-refractivity contribution < 1.29 is 4.79 Å². The highest BCUT2D eigenvalue weighted by molar-refractivity contribution is 5.85. The molecule has 18 heavy (non-hydrogen) atoms. The Morgan fingerprint density at radius 3 is 2.94 bits per heavy atom. The summed E-state index contributed by atoms with van der Waals surface area (Å²) >= 11 is 0. The van der Waals surface area contributed by atoms with Crippen LogP contribution in [0.5, 0.6) is 0 Å². The molecule has 2 atom stereocenters. The average Bonchev–Trinajstić information content (AvgIpc) is 2.88. The van der Waals surface area contributed by atoms with Crippen LogP contribution in [-0.4, -0.2) is 34.1 Å². The molecule has 2 rings (SSSR count). The van der Waals surface area contributed by atoms with Gasteiger partial charge >= 0.3 is 0 Å². The molecule has 0 bridgehead atoms. The summed E-state index contributed by atoms with van der Waals surface area (Å²) in [5, 5.41) is 6.20. The number of hydrogen-bond acceptors (Lipinski definition) is 3. The molecule has 1 aliphatic rings. The normalized spacial score (nSPS) is 19.5. The van der Waals surface area contributed by atoms with E-state index in [9.17, 15) is 4.79 Å². The summed E-state index contributed by atoms with van der Waals surface area (Å²) < 4.78 is 1.97. The van der Waals surface area contributed by atoms with Gasteiger partial charge in [0, 0.05) is 25.0 Å². The fourth-order valence-electron chi connectivity index (χ4n) is 2.01. The Morgan fingerprint density at radius 1 is 1.61 bits per heavy atom. The lowest BCUT2D eigenvalue weighted by Gasteiger charge is -2.17. The second-order valence-corrected chi connectivity index (χ2v) is 4.32. The molecule has 1 unspecified atom stereocenters. The molecule has 1 aliphatic heterocycles. The highest BCUT2D eigenvalue weighted by atomic mass is 35.5. The van der Waals surface area contributed by atoms with Crippen LogP contribution in [0.25, 0.3) is 0 Å². The molecule has 0 radical (unpaired) electrons. The molecule has 2 heterocycles. The fraction of sp³-hybridized carbons (Fsp3) is 0.636. The van der Waals surface area contributed by atoms with Gasteiger partial charge in [-0.05, 0) is 26.3 Å². The molecular weight excluding hydrogens is 275 g/mol. The molecular formula is C11H20Cl2N4O. The van der Waals surface area contributed by atoms with E-state index >= 15 is 0 Å². The number of carbonyl (C=O) groups excluding carboxylic acids is 1. The summed E-state index contributed by atoms with van der Waals surface area (Å²) in [6.07, 6.45) is 7.44. The molecule has 1 fully saturated rings. The van der Waals surface area contributed by atoms with E-state index in [4.69, 9.17) is 0 Å². The number of nitrogens with one attached hydrogen (secondary N) is 2. The number of nitrogens with zero attached hydrogens (tertiary/aromatic N) is 2. The van der Waals surface area contributed by atoms with E-state index in [2.05, 4.69) is 15.6 Å². The maximum absolute atomic E-state index is 11.8.